The summed E-state index contributed by atoms with van der Waals surface area (Å²) in [6.07, 6.45) is 3.29. The smallest absolute Gasteiger partial charge is 0.326 e. The molecule has 0 bridgehead atoms. The second-order valence-corrected chi connectivity index (χ2v) is 6.02. The fourth-order valence-electron chi connectivity index (χ4n) is 2.89. The van der Waals surface area contributed by atoms with E-state index in [0.717, 1.165) is 30.5 Å². The van der Waals surface area contributed by atoms with Crippen LogP contribution < -0.4 is 10.2 Å². The Bertz CT molecular complexity index is 615. The van der Waals surface area contributed by atoms with E-state index >= 15 is 0 Å². The number of carbonyl (C=O) groups is 3. The molecule has 2 rings (SSSR count). The summed E-state index contributed by atoms with van der Waals surface area (Å²) in [6, 6.07) is 6.81. The number of benzene rings is 1. The molecule has 6 heteroatoms. The summed E-state index contributed by atoms with van der Waals surface area (Å²) in [5.74, 6) is -1.35. The molecule has 0 fully saturated rings. The van der Waals surface area contributed by atoms with Crippen molar-refractivity contribution in [3.63, 3.8) is 0 Å². The van der Waals surface area contributed by atoms with E-state index in [0.29, 0.717) is 12.8 Å². The average molecular weight is 332 g/mol. The number of rotatable bonds is 8. The predicted octanol–water partition coefficient (Wildman–Crippen LogP) is 2.12. The van der Waals surface area contributed by atoms with Crippen LogP contribution in [0.15, 0.2) is 24.3 Å². The van der Waals surface area contributed by atoms with Crippen molar-refractivity contribution >= 4 is 23.5 Å². The van der Waals surface area contributed by atoms with Gasteiger partial charge in [0.05, 0.1) is 0 Å². The van der Waals surface area contributed by atoms with Crippen molar-refractivity contribution in [2.24, 2.45) is 0 Å². The minimum Gasteiger partial charge on any atom is -0.480 e. The van der Waals surface area contributed by atoms with Crippen LogP contribution in [-0.4, -0.2) is 35.5 Å². The van der Waals surface area contributed by atoms with Crippen LogP contribution in [0, 0.1) is 0 Å². The lowest BCUT2D eigenvalue weighted by Gasteiger charge is -2.29. The lowest BCUT2D eigenvalue weighted by Crippen LogP contribution is -2.43. The maximum atomic E-state index is 12.1. The first-order chi connectivity index (χ1) is 11.5. The maximum Gasteiger partial charge on any atom is 0.326 e. The minimum absolute atomic E-state index is 0.00210. The first kappa shape index (κ1) is 18.0. The van der Waals surface area contributed by atoms with E-state index in [1.807, 2.05) is 31.2 Å². The molecule has 1 aliphatic heterocycles. The number of para-hydroxylation sites is 1. The van der Waals surface area contributed by atoms with Crippen molar-refractivity contribution in [3.05, 3.63) is 29.8 Å². The molecule has 6 nitrogen and oxygen atoms in total. The minimum atomic E-state index is -1.02. The van der Waals surface area contributed by atoms with Gasteiger partial charge in [-0.1, -0.05) is 38.0 Å². The van der Waals surface area contributed by atoms with Crippen molar-refractivity contribution in [3.8, 4) is 0 Å². The van der Waals surface area contributed by atoms with Crippen LogP contribution in [0.1, 0.15) is 44.6 Å². The summed E-state index contributed by atoms with van der Waals surface area (Å²) < 4.78 is 0. The molecule has 0 aromatic heterocycles. The second-order valence-electron chi connectivity index (χ2n) is 6.02. The standard InChI is InChI=1S/C18H24N2O4/c1-2-3-7-14(18(23)24)19-16(21)11-12-20-15-8-5-4-6-13(15)9-10-17(20)22/h4-6,8,14H,2-3,7,9-12H2,1H3,(H,19,21)(H,23,24)/t14-/m0/s1. The highest BCUT2D eigenvalue weighted by Crippen LogP contribution is 2.27. The summed E-state index contributed by atoms with van der Waals surface area (Å²) in [6.45, 7) is 2.24. The summed E-state index contributed by atoms with van der Waals surface area (Å²) in [5, 5.41) is 11.7. The molecule has 1 aliphatic rings. The number of aliphatic carboxylic acids is 1. The number of aryl methyl sites for hydroxylation is 1. The van der Waals surface area contributed by atoms with E-state index in [1.165, 1.54) is 0 Å². The van der Waals surface area contributed by atoms with Gasteiger partial charge in [0, 0.05) is 25.1 Å². The molecule has 1 aromatic carbocycles. The molecule has 0 saturated heterocycles. The fraction of sp³-hybridized carbons (Fsp3) is 0.500. The van der Waals surface area contributed by atoms with Gasteiger partial charge in [0.25, 0.3) is 0 Å². The Morgan fingerprint density at radius 1 is 1.29 bits per heavy atom. The average Bonchev–Trinajstić information content (AvgIpc) is 2.57. The Labute approximate surface area is 141 Å². The van der Waals surface area contributed by atoms with Gasteiger partial charge in [-0.2, -0.15) is 0 Å². The van der Waals surface area contributed by atoms with Crippen LogP contribution in [0.2, 0.25) is 0 Å². The van der Waals surface area contributed by atoms with Crippen molar-refractivity contribution in [1.82, 2.24) is 5.32 Å². The summed E-state index contributed by atoms with van der Waals surface area (Å²) in [7, 11) is 0. The molecule has 0 aliphatic carbocycles. The molecule has 0 spiro atoms. The zero-order valence-corrected chi connectivity index (χ0v) is 14.0. The van der Waals surface area contributed by atoms with Gasteiger partial charge in [-0.05, 0) is 24.5 Å². The molecule has 2 amide bonds. The Hall–Kier alpha value is -2.37. The number of nitrogens with one attached hydrogen (secondary N) is 1. The fourth-order valence-corrected chi connectivity index (χ4v) is 2.89. The molecule has 0 unspecified atom stereocenters. The van der Waals surface area contributed by atoms with E-state index in [1.54, 1.807) is 4.90 Å². The topological polar surface area (TPSA) is 86.7 Å². The van der Waals surface area contributed by atoms with E-state index in [9.17, 15) is 14.4 Å². The van der Waals surface area contributed by atoms with Crippen molar-refractivity contribution in [2.75, 3.05) is 11.4 Å². The lowest BCUT2D eigenvalue weighted by atomic mass is 10.0. The Morgan fingerprint density at radius 2 is 2.04 bits per heavy atom. The number of carboxylic acids is 1. The molecule has 24 heavy (non-hydrogen) atoms. The SMILES string of the molecule is CCCC[C@H](NC(=O)CCN1C(=O)CCc2ccccc21)C(=O)O. The number of unbranched alkanes of at least 4 members (excludes halogenated alkanes) is 1. The zero-order chi connectivity index (χ0) is 17.5. The van der Waals surface area contributed by atoms with Crippen LogP contribution in [0.4, 0.5) is 5.69 Å². The highest BCUT2D eigenvalue weighted by molar-refractivity contribution is 5.97. The van der Waals surface area contributed by atoms with Crippen LogP contribution in [0.5, 0.6) is 0 Å². The first-order valence-corrected chi connectivity index (χ1v) is 8.43. The molecule has 1 heterocycles. The third-order valence-electron chi connectivity index (χ3n) is 4.23. The van der Waals surface area contributed by atoms with E-state index < -0.39 is 12.0 Å². The molecule has 130 valence electrons. The normalized spacial score (nSPS) is 14.9. The quantitative estimate of drug-likeness (QED) is 0.763. The number of carbonyl (C=O) groups excluding carboxylic acids is 2. The number of anilines is 1. The number of hydrogen-bond donors (Lipinski definition) is 2. The number of amides is 2. The predicted molar refractivity (Wildman–Crippen MR) is 90.8 cm³/mol. The van der Waals surface area contributed by atoms with Gasteiger partial charge in [-0.15, -0.1) is 0 Å². The summed E-state index contributed by atoms with van der Waals surface area (Å²) >= 11 is 0. The molecular formula is C18H24N2O4. The number of fused-ring (bicyclic) bond motifs is 1. The van der Waals surface area contributed by atoms with Gasteiger partial charge in [0.2, 0.25) is 11.8 Å². The van der Waals surface area contributed by atoms with Gasteiger partial charge in [0.1, 0.15) is 6.04 Å². The first-order valence-electron chi connectivity index (χ1n) is 8.43. The monoisotopic (exact) mass is 332 g/mol. The molecule has 2 N–H and O–H groups in total. The van der Waals surface area contributed by atoms with Crippen LogP contribution >= 0.6 is 0 Å². The summed E-state index contributed by atoms with van der Waals surface area (Å²) in [5.41, 5.74) is 1.95. The molecule has 0 radical (unpaired) electrons. The summed E-state index contributed by atoms with van der Waals surface area (Å²) in [4.78, 5) is 37.0. The maximum absolute atomic E-state index is 12.1. The van der Waals surface area contributed by atoms with Crippen LogP contribution in [0.3, 0.4) is 0 Å². The van der Waals surface area contributed by atoms with Crippen LogP contribution in [0.25, 0.3) is 0 Å². The van der Waals surface area contributed by atoms with Gasteiger partial charge in [-0.25, -0.2) is 4.79 Å². The molecule has 1 aromatic rings. The van der Waals surface area contributed by atoms with Crippen molar-refractivity contribution in [2.45, 2.75) is 51.5 Å². The van der Waals surface area contributed by atoms with Crippen molar-refractivity contribution < 1.29 is 19.5 Å². The van der Waals surface area contributed by atoms with Gasteiger partial charge >= 0.3 is 5.97 Å². The second kappa shape index (κ2) is 8.47. The Balaban J connectivity index is 1.93. The Kier molecular flexibility index (Phi) is 6.35. The van der Waals surface area contributed by atoms with Gasteiger partial charge in [-0.3, -0.25) is 9.59 Å². The highest BCUT2D eigenvalue weighted by atomic mass is 16.4. The number of carboxylic acid groups (broad SMARTS) is 1. The molecule has 0 saturated carbocycles. The van der Waals surface area contributed by atoms with Gasteiger partial charge < -0.3 is 15.3 Å². The molecule has 1 atom stereocenters. The lowest BCUT2D eigenvalue weighted by molar-refractivity contribution is -0.142. The third-order valence-corrected chi connectivity index (χ3v) is 4.23. The third kappa shape index (κ3) is 4.57. The number of nitrogens with zero attached hydrogens (tertiary/aromatic N) is 1. The molecular weight excluding hydrogens is 308 g/mol. The van der Waals surface area contributed by atoms with Crippen LogP contribution in [-0.2, 0) is 20.8 Å². The number of hydrogen-bond acceptors (Lipinski definition) is 3. The van der Waals surface area contributed by atoms with Crippen molar-refractivity contribution in [1.29, 1.82) is 0 Å². The van der Waals surface area contributed by atoms with E-state index in [2.05, 4.69) is 5.32 Å². The highest BCUT2D eigenvalue weighted by Gasteiger charge is 2.25. The Morgan fingerprint density at radius 3 is 2.75 bits per heavy atom. The largest absolute Gasteiger partial charge is 0.480 e. The van der Waals surface area contributed by atoms with E-state index in [-0.39, 0.29) is 24.8 Å². The van der Waals surface area contributed by atoms with Gasteiger partial charge in [0.15, 0.2) is 0 Å². The zero-order valence-electron chi connectivity index (χ0n) is 14.0. The van der Waals surface area contributed by atoms with E-state index in [4.69, 9.17) is 5.11 Å².